The van der Waals surface area contributed by atoms with Crippen molar-refractivity contribution < 1.29 is 17.9 Å². The summed E-state index contributed by atoms with van der Waals surface area (Å²) in [5.41, 5.74) is 0.883. The van der Waals surface area contributed by atoms with Crippen LogP contribution in [0, 0.1) is 11.3 Å². The number of fused-ring (bicyclic) bond motifs is 1. The van der Waals surface area contributed by atoms with Gasteiger partial charge in [-0.3, -0.25) is 9.69 Å². The van der Waals surface area contributed by atoms with E-state index < -0.39 is 16.1 Å². The summed E-state index contributed by atoms with van der Waals surface area (Å²) in [6, 6.07) is 19.1. The number of sulfonamides is 1. The zero-order valence-corrected chi connectivity index (χ0v) is 22.8. The zero-order chi connectivity index (χ0) is 27.3. The number of nitrogens with zero attached hydrogens (tertiary/aromatic N) is 2. The number of likely N-dealkylation sites (tertiary alicyclic amines) is 1. The molecule has 1 heterocycles. The number of nitriles is 1. The molecule has 8 nitrogen and oxygen atoms in total. The van der Waals surface area contributed by atoms with E-state index in [-0.39, 0.29) is 17.3 Å². The molecule has 3 aromatic rings. The van der Waals surface area contributed by atoms with Gasteiger partial charge in [0.25, 0.3) is 5.91 Å². The highest BCUT2D eigenvalue weighted by Crippen LogP contribution is 2.26. The first kappa shape index (κ1) is 27.6. The Morgan fingerprint density at radius 1 is 1.05 bits per heavy atom. The molecule has 0 aromatic heterocycles. The van der Waals surface area contributed by atoms with E-state index in [1.807, 2.05) is 0 Å². The van der Waals surface area contributed by atoms with E-state index in [9.17, 15) is 18.5 Å². The van der Waals surface area contributed by atoms with Gasteiger partial charge in [-0.25, -0.2) is 13.1 Å². The Labute approximate surface area is 224 Å². The maximum absolute atomic E-state index is 13.5. The van der Waals surface area contributed by atoms with Gasteiger partial charge in [-0.2, -0.15) is 5.26 Å². The van der Waals surface area contributed by atoms with Gasteiger partial charge in [0.1, 0.15) is 5.75 Å². The third-order valence-corrected chi connectivity index (χ3v) is 8.79. The molecule has 0 aliphatic carbocycles. The van der Waals surface area contributed by atoms with Gasteiger partial charge < -0.3 is 10.1 Å². The summed E-state index contributed by atoms with van der Waals surface area (Å²) in [5, 5.41) is 13.6. The summed E-state index contributed by atoms with van der Waals surface area (Å²) in [5.74, 6) is 0.370. The summed E-state index contributed by atoms with van der Waals surface area (Å²) >= 11 is 0. The van der Waals surface area contributed by atoms with Crippen molar-refractivity contribution in [1.82, 2.24) is 14.9 Å². The molecule has 2 N–H and O–H groups in total. The van der Waals surface area contributed by atoms with Crippen molar-refractivity contribution in [2.45, 2.75) is 56.1 Å². The van der Waals surface area contributed by atoms with Gasteiger partial charge >= 0.3 is 0 Å². The average molecular weight is 535 g/mol. The molecule has 0 radical (unpaired) electrons. The first-order chi connectivity index (χ1) is 18.2. The van der Waals surface area contributed by atoms with E-state index >= 15 is 0 Å². The fourth-order valence-corrected chi connectivity index (χ4v) is 6.46. The Balaban J connectivity index is 1.57. The molecular formula is C29H34N4O4S. The van der Waals surface area contributed by atoms with Crippen LogP contribution in [-0.4, -0.2) is 57.5 Å². The summed E-state index contributed by atoms with van der Waals surface area (Å²) < 4.78 is 34.8. The molecule has 3 atom stereocenters. The number of carbonyl (C=O) groups is 1. The van der Waals surface area contributed by atoms with Gasteiger partial charge in [0.2, 0.25) is 10.0 Å². The van der Waals surface area contributed by atoms with Crippen molar-refractivity contribution >= 4 is 26.7 Å². The maximum Gasteiger partial charge on any atom is 0.251 e. The van der Waals surface area contributed by atoms with E-state index in [1.54, 1.807) is 61.7 Å². The fourth-order valence-electron chi connectivity index (χ4n) is 5.16. The SMILES string of the molecule is COc1ccc(C(=O)N[C@@H](CNS(=O)(=O)c2cccc3c(C#N)cccc23)CN2[C@H](C)CCC[C@@H]2C)cc1. The van der Waals surface area contributed by atoms with Gasteiger partial charge in [0.05, 0.1) is 29.7 Å². The molecular weight excluding hydrogens is 500 g/mol. The van der Waals surface area contributed by atoms with Crippen LogP contribution in [0.15, 0.2) is 65.6 Å². The summed E-state index contributed by atoms with van der Waals surface area (Å²) in [4.78, 5) is 15.6. The van der Waals surface area contributed by atoms with Crippen LogP contribution in [0.1, 0.15) is 49.0 Å². The predicted octanol–water partition coefficient (Wildman–Crippen LogP) is 4.06. The maximum atomic E-state index is 13.5. The van der Waals surface area contributed by atoms with Crippen LogP contribution in [0.3, 0.4) is 0 Å². The smallest absolute Gasteiger partial charge is 0.251 e. The van der Waals surface area contributed by atoms with Gasteiger partial charge in [-0.15, -0.1) is 0 Å². The molecule has 9 heteroatoms. The lowest BCUT2D eigenvalue weighted by Gasteiger charge is -2.41. The van der Waals surface area contributed by atoms with Crippen LogP contribution < -0.4 is 14.8 Å². The summed E-state index contributed by atoms with van der Waals surface area (Å²) in [7, 11) is -2.37. The minimum absolute atomic E-state index is 0.0223. The molecule has 4 rings (SSSR count). The molecule has 1 amide bonds. The Morgan fingerprint density at radius 2 is 1.71 bits per heavy atom. The van der Waals surface area contributed by atoms with Gasteiger partial charge in [0, 0.05) is 41.5 Å². The third-order valence-electron chi connectivity index (χ3n) is 7.31. The lowest BCUT2D eigenvalue weighted by Crippen LogP contribution is -2.54. The standard InChI is InChI=1S/C29H34N4O4S/c1-20-7-4-8-21(2)33(20)19-24(32-29(34)22-13-15-25(37-3)16-14-22)18-31-38(35,36)28-12-6-10-26-23(17-30)9-5-11-27(26)28/h5-6,9-16,20-21,24,31H,4,7-8,18-19H2,1-3H3,(H,32,34)/t20-,21+,24-/m0/s1. The van der Waals surface area contributed by atoms with E-state index in [0.29, 0.717) is 46.3 Å². The largest absolute Gasteiger partial charge is 0.497 e. The van der Waals surface area contributed by atoms with Crippen molar-refractivity contribution in [2.75, 3.05) is 20.2 Å². The van der Waals surface area contributed by atoms with E-state index in [1.165, 1.54) is 6.07 Å². The molecule has 0 unspecified atom stereocenters. The summed E-state index contributed by atoms with van der Waals surface area (Å²) in [6.07, 6.45) is 3.28. The molecule has 3 aromatic carbocycles. The predicted molar refractivity (Wildman–Crippen MR) is 148 cm³/mol. The van der Waals surface area contributed by atoms with Gasteiger partial charge in [-0.1, -0.05) is 30.7 Å². The second kappa shape index (κ2) is 11.9. The number of rotatable bonds is 9. The molecule has 1 saturated heterocycles. The lowest BCUT2D eigenvalue weighted by atomic mass is 9.97. The van der Waals surface area contributed by atoms with Crippen LogP contribution in [-0.2, 0) is 10.0 Å². The number of hydrogen-bond donors (Lipinski definition) is 2. The lowest BCUT2D eigenvalue weighted by molar-refractivity contribution is 0.0799. The Bertz CT molecular complexity index is 1420. The van der Waals surface area contributed by atoms with Crippen LogP contribution >= 0.6 is 0 Å². The Morgan fingerprint density at radius 3 is 2.37 bits per heavy atom. The van der Waals surface area contributed by atoms with Crippen LogP contribution in [0.25, 0.3) is 10.8 Å². The number of hydrogen-bond acceptors (Lipinski definition) is 6. The van der Waals surface area contributed by atoms with Crippen LogP contribution in [0.5, 0.6) is 5.75 Å². The van der Waals surface area contributed by atoms with E-state index in [4.69, 9.17) is 4.74 Å². The first-order valence-electron chi connectivity index (χ1n) is 12.9. The average Bonchev–Trinajstić information content (AvgIpc) is 2.92. The second-order valence-electron chi connectivity index (χ2n) is 9.85. The topological polar surface area (TPSA) is 112 Å². The van der Waals surface area contributed by atoms with E-state index in [0.717, 1.165) is 19.3 Å². The van der Waals surface area contributed by atoms with E-state index in [2.05, 4.69) is 34.9 Å². The molecule has 38 heavy (non-hydrogen) atoms. The molecule has 1 aliphatic rings. The number of nitrogens with one attached hydrogen (secondary N) is 2. The minimum Gasteiger partial charge on any atom is -0.497 e. The third kappa shape index (κ3) is 6.16. The molecule has 0 spiro atoms. The number of piperidine rings is 1. The normalized spacial score (nSPS) is 19.0. The first-order valence-corrected chi connectivity index (χ1v) is 14.3. The Hall–Kier alpha value is -3.45. The molecule has 200 valence electrons. The molecule has 1 fully saturated rings. The van der Waals surface area contributed by atoms with Crippen molar-refractivity contribution in [3.8, 4) is 11.8 Å². The number of ether oxygens (including phenoxy) is 1. The number of amides is 1. The molecule has 0 bridgehead atoms. The highest BCUT2D eigenvalue weighted by Gasteiger charge is 2.29. The van der Waals surface area contributed by atoms with Crippen molar-refractivity contribution in [2.24, 2.45) is 0 Å². The number of methoxy groups -OCH3 is 1. The van der Waals surface area contributed by atoms with Crippen molar-refractivity contribution in [3.05, 3.63) is 71.8 Å². The minimum atomic E-state index is -3.93. The highest BCUT2D eigenvalue weighted by molar-refractivity contribution is 7.89. The zero-order valence-electron chi connectivity index (χ0n) is 22.0. The quantitative estimate of drug-likeness (QED) is 0.428. The van der Waals surface area contributed by atoms with Crippen molar-refractivity contribution in [3.63, 3.8) is 0 Å². The molecule has 0 saturated carbocycles. The fraction of sp³-hybridized carbons (Fsp3) is 0.379. The van der Waals surface area contributed by atoms with Gasteiger partial charge in [-0.05, 0) is 63.1 Å². The molecule has 1 aliphatic heterocycles. The second-order valence-corrected chi connectivity index (χ2v) is 11.6. The Kier molecular flexibility index (Phi) is 8.67. The van der Waals surface area contributed by atoms with Gasteiger partial charge in [0.15, 0.2) is 0 Å². The van der Waals surface area contributed by atoms with Crippen LogP contribution in [0.2, 0.25) is 0 Å². The number of carbonyl (C=O) groups excluding carboxylic acids is 1. The summed E-state index contributed by atoms with van der Waals surface area (Å²) in [6.45, 7) is 4.88. The highest BCUT2D eigenvalue weighted by atomic mass is 32.2. The monoisotopic (exact) mass is 534 g/mol. The van der Waals surface area contributed by atoms with Crippen LogP contribution in [0.4, 0.5) is 0 Å². The van der Waals surface area contributed by atoms with Crippen molar-refractivity contribution in [1.29, 1.82) is 5.26 Å². The number of benzene rings is 3.